The maximum atomic E-state index is 13.4. The van der Waals surface area contributed by atoms with Crippen molar-refractivity contribution in [2.24, 2.45) is 0 Å². The van der Waals surface area contributed by atoms with Crippen LogP contribution < -0.4 is 10.1 Å². The summed E-state index contributed by atoms with van der Waals surface area (Å²) in [6, 6.07) is 14.0. The highest BCUT2D eigenvalue weighted by Gasteiger charge is 2.02. The summed E-state index contributed by atoms with van der Waals surface area (Å²) in [5, 5.41) is 2.73. The quantitative estimate of drug-likeness (QED) is 0.832. The predicted octanol–water partition coefficient (Wildman–Crippen LogP) is 3.21. The Kier molecular flexibility index (Phi) is 5.72. The van der Waals surface area contributed by atoms with E-state index in [1.54, 1.807) is 31.4 Å². The van der Waals surface area contributed by atoms with Crippen molar-refractivity contribution in [1.82, 2.24) is 5.32 Å². The summed E-state index contributed by atoms with van der Waals surface area (Å²) in [5.74, 6) is 0.237. The number of ether oxygens (including phenoxy) is 1. The van der Waals surface area contributed by atoms with Crippen LogP contribution in [0.1, 0.15) is 11.1 Å². The first-order valence-electron chi connectivity index (χ1n) is 7.03. The number of rotatable bonds is 6. The van der Waals surface area contributed by atoms with Gasteiger partial charge in [-0.3, -0.25) is 4.79 Å². The third-order valence-corrected chi connectivity index (χ3v) is 3.20. The van der Waals surface area contributed by atoms with Gasteiger partial charge in [0.15, 0.2) is 0 Å². The van der Waals surface area contributed by atoms with Crippen LogP contribution in [0.25, 0.3) is 6.08 Å². The van der Waals surface area contributed by atoms with Crippen molar-refractivity contribution in [2.45, 2.75) is 6.42 Å². The molecule has 0 radical (unpaired) electrons. The Morgan fingerprint density at radius 3 is 2.68 bits per heavy atom. The number of carbonyl (C=O) groups is 1. The van der Waals surface area contributed by atoms with Crippen LogP contribution in [-0.4, -0.2) is 19.6 Å². The number of halogens is 1. The topological polar surface area (TPSA) is 38.3 Å². The molecule has 22 heavy (non-hydrogen) atoms. The molecular weight excluding hydrogens is 281 g/mol. The largest absolute Gasteiger partial charge is 0.496 e. The van der Waals surface area contributed by atoms with E-state index < -0.39 is 0 Å². The molecule has 0 heterocycles. The molecule has 1 amide bonds. The summed E-state index contributed by atoms with van der Waals surface area (Å²) in [4.78, 5) is 11.8. The van der Waals surface area contributed by atoms with Crippen LogP contribution >= 0.6 is 0 Å². The predicted molar refractivity (Wildman–Crippen MR) is 85.1 cm³/mol. The number of carbonyl (C=O) groups excluding carboxylic acids is 1. The lowest BCUT2D eigenvalue weighted by Crippen LogP contribution is -2.23. The highest BCUT2D eigenvalue weighted by Crippen LogP contribution is 2.18. The lowest BCUT2D eigenvalue weighted by molar-refractivity contribution is -0.116. The number of benzene rings is 2. The Bertz CT molecular complexity index is 668. The summed E-state index contributed by atoms with van der Waals surface area (Å²) in [6.07, 6.45) is 3.59. The van der Waals surface area contributed by atoms with Gasteiger partial charge in [0.05, 0.1) is 7.11 Å². The lowest BCUT2D eigenvalue weighted by atomic mass is 10.1. The van der Waals surface area contributed by atoms with Crippen molar-refractivity contribution >= 4 is 12.0 Å². The summed E-state index contributed by atoms with van der Waals surface area (Å²) in [5.41, 5.74) is 1.42. The van der Waals surface area contributed by atoms with Gasteiger partial charge in [-0.1, -0.05) is 36.4 Å². The SMILES string of the molecule is COc1ccccc1/C=C/C(=O)NCCc1ccccc1F. The molecule has 0 fully saturated rings. The number of amides is 1. The fourth-order valence-electron chi connectivity index (χ4n) is 2.05. The van der Waals surface area contributed by atoms with Crippen LogP contribution in [0.2, 0.25) is 0 Å². The second-order valence-corrected chi connectivity index (χ2v) is 4.71. The molecule has 4 heteroatoms. The Morgan fingerprint density at radius 2 is 1.91 bits per heavy atom. The second kappa shape index (κ2) is 7.98. The summed E-state index contributed by atoms with van der Waals surface area (Å²) >= 11 is 0. The zero-order valence-electron chi connectivity index (χ0n) is 12.4. The molecule has 0 aromatic heterocycles. The van der Waals surface area contributed by atoms with Gasteiger partial charge in [0.2, 0.25) is 5.91 Å². The van der Waals surface area contributed by atoms with Gasteiger partial charge in [0.1, 0.15) is 11.6 Å². The zero-order chi connectivity index (χ0) is 15.8. The number of hydrogen-bond donors (Lipinski definition) is 1. The molecule has 0 saturated carbocycles. The molecule has 0 spiro atoms. The Labute approximate surface area is 129 Å². The highest BCUT2D eigenvalue weighted by atomic mass is 19.1. The standard InChI is InChI=1S/C18H18FNO2/c1-22-17-9-5-3-7-15(17)10-11-18(21)20-13-12-14-6-2-4-8-16(14)19/h2-11H,12-13H2,1H3,(H,20,21)/b11-10+. The van der Waals surface area contributed by atoms with Crippen LogP contribution in [0.3, 0.4) is 0 Å². The van der Waals surface area contributed by atoms with Gasteiger partial charge in [-0.15, -0.1) is 0 Å². The maximum Gasteiger partial charge on any atom is 0.244 e. The molecular formula is C18H18FNO2. The normalized spacial score (nSPS) is 10.6. The first-order valence-corrected chi connectivity index (χ1v) is 7.03. The molecule has 1 N–H and O–H groups in total. The molecule has 2 rings (SSSR count). The van der Waals surface area contributed by atoms with Crippen LogP contribution in [0, 0.1) is 5.82 Å². The van der Waals surface area contributed by atoms with Gasteiger partial charge in [-0.05, 0) is 30.2 Å². The van der Waals surface area contributed by atoms with E-state index in [9.17, 15) is 9.18 Å². The fourth-order valence-corrected chi connectivity index (χ4v) is 2.05. The van der Waals surface area contributed by atoms with E-state index in [2.05, 4.69) is 5.32 Å². The second-order valence-electron chi connectivity index (χ2n) is 4.71. The third kappa shape index (κ3) is 4.45. The molecule has 0 unspecified atom stereocenters. The molecule has 0 aliphatic rings. The molecule has 114 valence electrons. The highest BCUT2D eigenvalue weighted by molar-refractivity contribution is 5.92. The van der Waals surface area contributed by atoms with E-state index in [0.717, 1.165) is 5.56 Å². The van der Waals surface area contributed by atoms with Gasteiger partial charge in [-0.2, -0.15) is 0 Å². The molecule has 3 nitrogen and oxygen atoms in total. The van der Waals surface area contributed by atoms with Crippen molar-refractivity contribution in [3.63, 3.8) is 0 Å². The Hall–Kier alpha value is -2.62. The van der Waals surface area contributed by atoms with Gasteiger partial charge in [0, 0.05) is 18.2 Å². The van der Waals surface area contributed by atoms with Crippen molar-refractivity contribution in [3.8, 4) is 5.75 Å². The molecule has 0 saturated heterocycles. The van der Waals surface area contributed by atoms with Gasteiger partial charge < -0.3 is 10.1 Å². The minimum Gasteiger partial charge on any atom is -0.496 e. The van der Waals surface area contributed by atoms with E-state index >= 15 is 0 Å². The summed E-state index contributed by atoms with van der Waals surface area (Å²) in [7, 11) is 1.58. The summed E-state index contributed by atoms with van der Waals surface area (Å²) < 4.78 is 18.6. The number of hydrogen-bond acceptors (Lipinski definition) is 2. The van der Waals surface area contributed by atoms with Crippen LogP contribution in [0.4, 0.5) is 4.39 Å². The number of nitrogens with one attached hydrogen (secondary N) is 1. The van der Waals surface area contributed by atoms with Gasteiger partial charge in [-0.25, -0.2) is 4.39 Å². The Morgan fingerprint density at radius 1 is 1.18 bits per heavy atom. The van der Waals surface area contributed by atoms with Crippen molar-refractivity contribution in [1.29, 1.82) is 0 Å². The smallest absolute Gasteiger partial charge is 0.244 e. The monoisotopic (exact) mass is 299 g/mol. The maximum absolute atomic E-state index is 13.4. The lowest BCUT2D eigenvalue weighted by Gasteiger charge is -2.05. The molecule has 0 aliphatic heterocycles. The van der Waals surface area contributed by atoms with Crippen molar-refractivity contribution in [2.75, 3.05) is 13.7 Å². The summed E-state index contributed by atoms with van der Waals surface area (Å²) in [6.45, 7) is 0.385. The van der Waals surface area contributed by atoms with E-state index in [0.29, 0.717) is 24.3 Å². The minimum atomic E-state index is -0.249. The molecule has 0 bridgehead atoms. The van der Waals surface area contributed by atoms with E-state index in [1.165, 1.54) is 12.1 Å². The fraction of sp³-hybridized carbons (Fsp3) is 0.167. The van der Waals surface area contributed by atoms with E-state index in [4.69, 9.17) is 4.74 Å². The number of methoxy groups -OCH3 is 1. The van der Waals surface area contributed by atoms with Crippen LogP contribution in [0.5, 0.6) is 5.75 Å². The minimum absolute atomic E-state index is 0.220. The van der Waals surface area contributed by atoms with Gasteiger partial charge in [0.25, 0.3) is 0 Å². The third-order valence-electron chi connectivity index (χ3n) is 3.20. The molecule has 2 aromatic rings. The van der Waals surface area contributed by atoms with E-state index in [1.807, 2.05) is 24.3 Å². The van der Waals surface area contributed by atoms with Gasteiger partial charge >= 0.3 is 0 Å². The molecule has 0 atom stereocenters. The molecule has 2 aromatic carbocycles. The average molecular weight is 299 g/mol. The first kappa shape index (κ1) is 15.8. The molecule has 0 aliphatic carbocycles. The van der Waals surface area contributed by atoms with Crippen LogP contribution in [-0.2, 0) is 11.2 Å². The Balaban J connectivity index is 1.85. The van der Waals surface area contributed by atoms with E-state index in [-0.39, 0.29) is 11.7 Å². The van der Waals surface area contributed by atoms with Crippen molar-refractivity contribution in [3.05, 3.63) is 71.6 Å². The number of para-hydroxylation sites is 1. The van der Waals surface area contributed by atoms with Crippen molar-refractivity contribution < 1.29 is 13.9 Å². The average Bonchev–Trinajstić information content (AvgIpc) is 2.55. The first-order chi connectivity index (χ1) is 10.7. The zero-order valence-corrected chi connectivity index (χ0v) is 12.4. The van der Waals surface area contributed by atoms with Crippen LogP contribution in [0.15, 0.2) is 54.6 Å².